The topological polar surface area (TPSA) is 59.4 Å². The van der Waals surface area contributed by atoms with Gasteiger partial charge in [0.25, 0.3) is 0 Å². The molecule has 0 aromatic carbocycles. The Labute approximate surface area is 101 Å². The van der Waals surface area contributed by atoms with Gasteiger partial charge in [0.15, 0.2) is 0 Å². The van der Waals surface area contributed by atoms with Gasteiger partial charge in [-0.25, -0.2) is 0 Å². The summed E-state index contributed by atoms with van der Waals surface area (Å²) in [4.78, 5) is 15.5. The summed E-state index contributed by atoms with van der Waals surface area (Å²) in [5, 5.41) is 9.40. The van der Waals surface area contributed by atoms with Crippen LogP contribution in [0.4, 0.5) is 0 Å². The van der Waals surface area contributed by atoms with Gasteiger partial charge in [-0.05, 0) is 37.3 Å². The summed E-state index contributed by atoms with van der Waals surface area (Å²) in [7, 11) is 0. The summed E-state index contributed by atoms with van der Waals surface area (Å²) < 4.78 is 5.25. The molecular weight excluding hydrogens is 218 g/mol. The van der Waals surface area contributed by atoms with E-state index < -0.39 is 11.4 Å². The monoisotopic (exact) mass is 235 g/mol. The number of rotatable bonds is 4. The van der Waals surface area contributed by atoms with E-state index in [0.717, 1.165) is 12.0 Å². The lowest BCUT2D eigenvalue weighted by atomic mass is 9.76. The first-order valence-electron chi connectivity index (χ1n) is 5.93. The van der Waals surface area contributed by atoms with E-state index in [1.165, 1.54) is 0 Å². The van der Waals surface area contributed by atoms with Gasteiger partial charge in [0.2, 0.25) is 0 Å². The highest BCUT2D eigenvalue weighted by Crippen LogP contribution is 2.35. The molecule has 0 radical (unpaired) electrons. The zero-order chi connectivity index (χ0) is 12.1. The Bertz CT molecular complexity index is 372. The third kappa shape index (κ3) is 2.82. The number of pyridine rings is 1. The number of carboxylic acids is 1. The Hall–Kier alpha value is -1.42. The van der Waals surface area contributed by atoms with Crippen molar-refractivity contribution in [3.05, 3.63) is 30.1 Å². The number of carboxylic acid groups (broad SMARTS) is 1. The fraction of sp³-hybridized carbons (Fsp3) is 0.538. The summed E-state index contributed by atoms with van der Waals surface area (Å²) in [6.07, 6.45) is 6.18. The van der Waals surface area contributed by atoms with Crippen molar-refractivity contribution in [2.75, 3.05) is 13.2 Å². The zero-order valence-corrected chi connectivity index (χ0v) is 9.76. The maximum atomic E-state index is 11.4. The van der Waals surface area contributed by atoms with E-state index in [2.05, 4.69) is 4.98 Å². The molecule has 0 saturated carbocycles. The molecule has 0 aliphatic carbocycles. The van der Waals surface area contributed by atoms with Crippen LogP contribution in [-0.2, 0) is 16.0 Å². The summed E-state index contributed by atoms with van der Waals surface area (Å²) in [6.45, 7) is 1.11. The van der Waals surface area contributed by atoms with E-state index >= 15 is 0 Å². The lowest BCUT2D eigenvalue weighted by Gasteiger charge is -2.33. The zero-order valence-electron chi connectivity index (χ0n) is 9.76. The van der Waals surface area contributed by atoms with Crippen molar-refractivity contribution in [3.8, 4) is 0 Å². The highest BCUT2D eigenvalue weighted by atomic mass is 16.5. The van der Waals surface area contributed by atoms with Crippen LogP contribution in [0.25, 0.3) is 0 Å². The van der Waals surface area contributed by atoms with Crippen molar-refractivity contribution in [2.24, 2.45) is 5.41 Å². The molecule has 0 amide bonds. The van der Waals surface area contributed by atoms with Gasteiger partial charge < -0.3 is 9.84 Å². The van der Waals surface area contributed by atoms with Gasteiger partial charge in [-0.3, -0.25) is 9.78 Å². The quantitative estimate of drug-likeness (QED) is 0.865. The van der Waals surface area contributed by atoms with Crippen molar-refractivity contribution < 1.29 is 14.6 Å². The second kappa shape index (κ2) is 5.27. The normalized spacial score (nSPS) is 18.8. The number of aryl methyl sites for hydroxylation is 1. The number of hydrogen-bond donors (Lipinski definition) is 1. The first-order valence-corrected chi connectivity index (χ1v) is 5.93. The van der Waals surface area contributed by atoms with Crippen molar-refractivity contribution >= 4 is 5.97 Å². The van der Waals surface area contributed by atoms with Crippen LogP contribution in [0.1, 0.15) is 24.8 Å². The van der Waals surface area contributed by atoms with E-state index in [9.17, 15) is 9.90 Å². The van der Waals surface area contributed by atoms with E-state index in [-0.39, 0.29) is 0 Å². The molecule has 0 spiro atoms. The second-order valence-electron chi connectivity index (χ2n) is 4.56. The molecule has 0 unspecified atom stereocenters. The number of nitrogens with zero attached hydrogens (tertiary/aromatic N) is 1. The Balaban J connectivity index is 2.01. The van der Waals surface area contributed by atoms with Crippen molar-refractivity contribution in [3.63, 3.8) is 0 Å². The number of carbonyl (C=O) groups is 1. The SMILES string of the molecule is O=C(O)C1(CCc2cccnc2)CCOCC1. The fourth-order valence-corrected chi connectivity index (χ4v) is 2.26. The van der Waals surface area contributed by atoms with Gasteiger partial charge in [0.1, 0.15) is 0 Å². The average molecular weight is 235 g/mol. The predicted octanol–water partition coefficient (Wildman–Crippen LogP) is 1.90. The van der Waals surface area contributed by atoms with Crippen LogP contribution in [0.15, 0.2) is 24.5 Å². The summed E-state index contributed by atoms with van der Waals surface area (Å²) in [6, 6.07) is 3.87. The van der Waals surface area contributed by atoms with Crippen LogP contribution in [0.3, 0.4) is 0 Å². The largest absolute Gasteiger partial charge is 0.481 e. The van der Waals surface area contributed by atoms with Gasteiger partial charge in [-0.1, -0.05) is 6.07 Å². The van der Waals surface area contributed by atoms with Gasteiger partial charge in [-0.2, -0.15) is 0 Å². The number of hydrogen-bond acceptors (Lipinski definition) is 3. The number of ether oxygens (including phenoxy) is 1. The first-order chi connectivity index (χ1) is 8.23. The molecule has 1 aromatic rings. The lowest BCUT2D eigenvalue weighted by molar-refractivity contribution is -0.155. The van der Waals surface area contributed by atoms with Crippen LogP contribution in [0.2, 0.25) is 0 Å². The Morgan fingerprint density at radius 2 is 2.24 bits per heavy atom. The summed E-state index contributed by atoms with van der Waals surface area (Å²) in [5.41, 5.74) is 0.494. The molecule has 1 N–H and O–H groups in total. The minimum atomic E-state index is -0.690. The maximum Gasteiger partial charge on any atom is 0.309 e. The summed E-state index contributed by atoms with van der Waals surface area (Å²) >= 11 is 0. The minimum absolute atomic E-state index is 0.555. The van der Waals surface area contributed by atoms with E-state index in [4.69, 9.17) is 4.74 Å². The summed E-state index contributed by atoms with van der Waals surface area (Å²) in [5.74, 6) is -0.690. The van der Waals surface area contributed by atoms with Gasteiger partial charge >= 0.3 is 5.97 Å². The molecule has 4 heteroatoms. The Kier molecular flexibility index (Phi) is 3.74. The molecule has 1 aromatic heterocycles. The highest BCUT2D eigenvalue weighted by molar-refractivity contribution is 5.74. The minimum Gasteiger partial charge on any atom is -0.481 e. The Morgan fingerprint density at radius 3 is 2.82 bits per heavy atom. The molecular formula is C13H17NO3. The molecule has 4 nitrogen and oxygen atoms in total. The van der Waals surface area contributed by atoms with Crippen LogP contribution >= 0.6 is 0 Å². The molecule has 0 bridgehead atoms. The Morgan fingerprint density at radius 1 is 1.47 bits per heavy atom. The van der Waals surface area contributed by atoms with Gasteiger partial charge in [-0.15, -0.1) is 0 Å². The number of aromatic nitrogens is 1. The molecule has 0 atom stereocenters. The average Bonchev–Trinajstić information content (AvgIpc) is 2.38. The highest BCUT2D eigenvalue weighted by Gasteiger charge is 2.39. The fourth-order valence-electron chi connectivity index (χ4n) is 2.26. The van der Waals surface area contributed by atoms with Crippen LogP contribution < -0.4 is 0 Å². The molecule has 2 heterocycles. The van der Waals surface area contributed by atoms with Gasteiger partial charge in [0, 0.05) is 25.6 Å². The third-order valence-corrected chi connectivity index (χ3v) is 3.52. The van der Waals surface area contributed by atoms with Crippen molar-refractivity contribution in [1.82, 2.24) is 4.98 Å². The first kappa shape index (κ1) is 12.0. The molecule has 1 aliphatic heterocycles. The molecule has 2 rings (SSSR count). The maximum absolute atomic E-state index is 11.4. The molecule has 1 aliphatic rings. The van der Waals surface area contributed by atoms with Crippen molar-refractivity contribution in [2.45, 2.75) is 25.7 Å². The molecule has 17 heavy (non-hydrogen) atoms. The van der Waals surface area contributed by atoms with E-state index in [1.54, 1.807) is 12.4 Å². The second-order valence-corrected chi connectivity index (χ2v) is 4.56. The number of aliphatic carboxylic acids is 1. The lowest BCUT2D eigenvalue weighted by Crippen LogP contribution is -2.37. The molecule has 92 valence electrons. The van der Waals surface area contributed by atoms with Crippen LogP contribution in [-0.4, -0.2) is 29.3 Å². The predicted molar refractivity (Wildman–Crippen MR) is 62.7 cm³/mol. The van der Waals surface area contributed by atoms with E-state index in [1.807, 2.05) is 12.1 Å². The standard InChI is InChI=1S/C13H17NO3/c15-12(16)13(5-8-17-9-6-13)4-3-11-2-1-7-14-10-11/h1-2,7,10H,3-6,8-9H2,(H,15,16). The van der Waals surface area contributed by atoms with Crippen LogP contribution in [0.5, 0.6) is 0 Å². The van der Waals surface area contributed by atoms with Gasteiger partial charge in [0.05, 0.1) is 5.41 Å². The van der Waals surface area contributed by atoms with Crippen molar-refractivity contribution in [1.29, 1.82) is 0 Å². The van der Waals surface area contributed by atoms with Crippen LogP contribution in [0, 0.1) is 5.41 Å². The third-order valence-electron chi connectivity index (χ3n) is 3.52. The smallest absolute Gasteiger partial charge is 0.309 e. The van der Waals surface area contributed by atoms with E-state index in [0.29, 0.717) is 32.5 Å². The molecule has 1 saturated heterocycles. The molecule has 1 fully saturated rings.